The number of halogens is 2. The average Bonchev–Trinajstić information content (AvgIpc) is 3.13. The third kappa shape index (κ3) is 3.72. The van der Waals surface area contributed by atoms with Crippen molar-refractivity contribution in [3.63, 3.8) is 0 Å². The molecule has 0 saturated heterocycles. The Kier molecular flexibility index (Phi) is 4.87. The van der Waals surface area contributed by atoms with Gasteiger partial charge in [0, 0.05) is 28.7 Å². The molecule has 0 spiro atoms. The Morgan fingerprint density at radius 2 is 2.12 bits per heavy atom. The fourth-order valence-corrected chi connectivity index (χ4v) is 2.52. The number of pyridine rings is 1. The summed E-state index contributed by atoms with van der Waals surface area (Å²) in [5.74, 6) is -0.417. The molecule has 1 amide bonds. The van der Waals surface area contributed by atoms with Crippen molar-refractivity contribution in [1.82, 2.24) is 4.98 Å². The van der Waals surface area contributed by atoms with Gasteiger partial charge in [0.15, 0.2) is 0 Å². The Hall–Kier alpha value is -2.64. The summed E-state index contributed by atoms with van der Waals surface area (Å²) in [4.78, 5) is 16.4. The van der Waals surface area contributed by atoms with Crippen LogP contribution in [0.25, 0.3) is 0 Å². The van der Waals surface area contributed by atoms with Crippen molar-refractivity contribution < 1.29 is 9.21 Å². The van der Waals surface area contributed by atoms with E-state index < -0.39 is 5.91 Å². The number of rotatable bonds is 4. The second-order valence-corrected chi connectivity index (χ2v) is 6.39. The number of nitrogens with zero attached hydrogens (tertiary/aromatic N) is 1. The van der Waals surface area contributed by atoms with Crippen LogP contribution in [0.1, 0.15) is 21.6 Å². The number of nitrogen functional groups attached to an aromatic ring is 1. The van der Waals surface area contributed by atoms with Gasteiger partial charge in [0.2, 0.25) is 0 Å². The number of hydrogen-bond donors (Lipinski definition) is 3. The lowest BCUT2D eigenvalue weighted by atomic mass is 10.0. The fourth-order valence-electron chi connectivity index (χ4n) is 2.15. The van der Waals surface area contributed by atoms with Crippen LogP contribution in [0.4, 0.5) is 11.4 Å². The first-order valence-corrected chi connectivity index (χ1v) is 8.26. The highest BCUT2D eigenvalue weighted by atomic mass is 79.9. The molecule has 0 fully saturated rings. The van der Waals surface area contributed by atoms with Crippen LogP contribution in [-0.4, -0.2) is 16.6 Å². The van der Waals surface area contributed by atoms with Crippen LogP contribution in [0.3, 0.4) is 0 Å². The lowest BCUT2D eigenvalue weighted by molar-refractivity contribution is 0.102. The maximum Gasteiger partial charge on any atom is 0.274 e. The number of anilines is 2. The summed E-state index contributed by atoms with van der Waals surface area (Å²) >= 11 is 9.21. The van der Waals surface area contributed by atoms with Gasteiger partial charge >= 0.3 is 0 Å². The van der Waals surface area contributed by atoms with Crippen molar-refractivity contribution in [1.29, 1.82) is 5.41 Å². The van der Waals surface area contributed by atoms with Crippen molar-refractivity contribution in [3.05, 3.63) is 75.4 Å². The SMILES string of the molecule is N=C(c1ccoc1)c1cc(NC(=O)c2cc(Cl)c(Br)cn2)ccc1N. The first kappa shape index (κ1) is 17.2. The molecule has 6 nitrogen and oxygen atoms in total. The Morgan fingerprint density at radius 3 is 2.80 bits per heavy atom. The second-order valence-electron chi connectivity index (χ2n) is 5.13. The van der Waals surface area contributed by atoms with Crippen molar-refractivity contribution >= 4 is 50.5 Å². The monoisotopic (exact) mass is 418 g/mol. The minimum absolute atomic E-state index is 0.177. The Bertz CT molecular complexity index is 957. The predicted molar refractivity (Wildman–Crippen MR) is 100 cm³/mol. The molecule has 0 aliphatic carbocycles. The van der Waals surface area contributed by atoms with E-state index in [9.17, 15) is 4.79 Å². The number of carbonyl (C=O) groups is 1. The van der Waals surface area contributed by atoms with Crippen LogP contribution < -0.4 is 11.1 Å². The zero-order valence-corrected chi connectivity index (χ0v) is 15.1. The Labute approximate surface area is 156 Å². The van der Waals surface area contributed by atoms with Gasteiger partial charge in [-0.2, -0.15) is 0 Å². The van der Waals surface area contributed by atoms with Gasteiger partial charge in [-0.15, -0.1) is 0 Å². The molecule has 8 heteroatoms. The summed E-state index contributed by atoms with van der Waals surface area (Å²) in [6, 6.07) is 8.04. The van der Waals surface area contributed by atoms with Gasteiger partial charge in [-0.3, -0.25) is 10.2 Å². The number of carbonyl (C=O) groups excluding carboxylic acids is 1. The highest BCUT2D eigenvalue weighted by Crippen LogP contribution is 2.24. The summed E-state index contributed by atoms with van der Waals surface area (Å²) in [7, 11) is 0. The Morgan fingerprint density at radius 1 is 1.32 bits per heavy atom. The molecular formula is C17H12BrClN4O2. The van der Waals surface area contributed by atoms with Gasteiger partial charge in [0.1, 0.15) is 5.69 Å². The molecule has 1 aromatic carbocycles. The highest BCUT2D eigenvalue weighted by Gasteiger charge is 2.14. The van der Waals surface area contributed by atoms with Crippen molar-refractivity contribution in [2.45, 2.75) is 0 Å². The molecule has 25 heavy (non-hydrogen) atoms. The van der Waals surface area contributed by atoms with E-state index in [1.807, 2.05) is 0 Å². The van der Waals surface area contributed by atoms with E-state index in [0.717, 1.165) is 0 Å². The third-order valence-electron chi connectivity index (χ3n) is 3.43. The first-order valence-electron chi connectivity index (χ1n) is 7.09. The summed E-state index contributed by atoms with van der Waals surface area (Å²) in [6.07, 6.45) is 4.40. The van der Waals surface area contributed by atoms with E-state index >= 15 is 0 Å². The van der Waals surface area contributed by atoms with E-state index in [1.54, 1.807) is 24.3 Å². The summed E-state index contributed by atoms with van der Waals surface area (Å²) in [6.45, 7) is 0. The predicted octanol–water partition coefficient (Wildman–Crippen LogP) is 4.34. The van der Waals surface area contributed by atoms with Gasteiger partial charge in [0.25, 0.3) is 5.91 Å². The van der Waals surface area contributed by atoms with Gasteiger partial charge in [-0.05, 0) is 46.3 Å². The molecule has 3 aromatic rings. The molecule has 4 N–H and O–H groups in total. The number of aromatic nitrogens is 1. The highest BCUT2D eigenvalue weighted by molar-refractivity contribution is 9.10. The molecule has 0 radical (unpaired) electrons. The van der Waals surface area contributed by atoms with Crippen LogP contribution in [-0.2, 0) is 0 Å². The molecular weight excluding hydrogens is 408 g/mol. The van der Waals surface area contributed by atoms with Crippen LogP contribution in [0.15, 0.2) is 57.9 Å². The molecule has 0 aliphatic rings. The average molecular weight is 420 g/mol. The first-order chi connectivity index (χ1) is 12.0. The third-order valence-corrected chi connectivity index (χ3v) is 4.60. The standard InChI is InChI=1S/C17H12BrClN4O2/c18-12-7-22-15(6-13(12)19)17(24)23-10-1-2-14(20)11(5-10)16(21)9-3-4-25-8-9/h1-8,21H,20H2,(H,23,24). The van der Waals surface area contributed by atoms with Crippen molar-refractivity contribution in [2.24, 2.45) is 0 Å². The minimum Gasteiger partial charge on any atom is -0.472 e. The summed E-state index contributed by atoms with van der Waals surface area (Å²) in [5, 5.41) is 11.3. The Balaban J connectivity index is 1.86. The summed E-state index contributed by atoms with van der Waals surface area (Å²) < 4.78 is 5.60. The largest absolute Gasteiger partial charge is 0.472 e. The topological polar surface area (TPSA) is 105 Å². The minimum atomic E-state index is -0.417. The van der Waals surface area contributed by atoms with E-state index in [1.165, 1.54) is 24.8 Å². The number of nitrogens with one attached hydrogen (secondary N) is 2. The van der Waals surface area contributed by atoms with E-state index in [0.29, 0.717) is 32.0 Å². The number of nitrogens with two attached hydrogens (primary N) is 1. The quantitative estimate of drug-likeness (QED) is 0.432. The van der Waals surface area contributed by atoms with E-state index in [-0.39, 0.29) is 11.4 Å². The molecule has 126 valence electrons. The van der Waals surface area contributed by atoms with Gasteiger partial charge in [0.05, 0.1) is 27.7 Å². The molecule has 3 rings (SSSR count). The molecule has 0 unspecified atom stereocenters. The van der Waals surface area contributed by atoms with Crippen LogP contribution in [0.2, 0.25) is 5.02 Å². The van der Waals surface area contributed by atoms with Crippen molar-refractivity contribution in [2.75, 3.05) is 11.1 Å². The fraction of sp³-hybridized carbons (Fsp3) is 0. The maximum absolute atomic E-state index is 12.3. The summed E-state index contributed by atoms with van der Waals surface area (Å²) in [5.41, 5.74) is 8.33. The van der Waals surface area contributed by atoms with Crippen molar-refractivity contribution in [3.8, 4) is 0 Å². The molecule has 0 atom stereocenters. The second kappa shape index (κ2) is 7.08. The van der Waals surface area contributed by atoms with Gasteiger partial charge in [-0.25, -0.2) is 4.98 Å². The normalized spacial score (nSPS) is 10.5. The number of amides is 1. The van der Waals surface area contributed by atoms with E-state index in [4.69, 9.17) is 27.2 Å². The van der Waals surface area contributed by atoms with Crippen LogP contribution >= 0.6 is 27.5 Å². The molecule has 0 bridgehead atoms. The van der Waals surface area contributed by atoms with E-state index in [2.05, 4.69) is 26.2 Å². The molecule has 0 saturated carbocycles. The smallest absolute Gasteiger partial charge is 0.274 e. The number of furan rings is 1. The maximum atomic E-state index is 12.3. The number of benzene rings is 1. The number of hydrogen-bond acceptors (Lipinski definition) is 5. The van der Waals surface area contributed by atoms with Gasteiger partial charge in [-0.1, -0.05) is 11.6 Å². The van der Waals surface area contributed by atoms with Crippen LogP contribution in [0, 0.1) is 5.41 Å². The lowest BCUT2D eigenvalue weighted by Crippen LogP contribution is -2.14. The lowest BCUT2D eigenvalue weighted by Gasteiger charge is -2.10. The van der Waals surface area contributed by atoms with Gasteiger partial charge < -0.3 is 15.5 Å². The molecule has 2 aromatic heterocycles. The zero-order valence-electron chi connectivity index (χ0n) is 12.7. The molecule has 2 heterocycles. The molecule has 0 aliphatic heterocycles. The van der Waals surface area contributed by atoms with Crippen LogP contribution in [0.5, 0.6) is 0 Å². The zero-order chi connectivity index (χ0) is 18.0.